The van der Waals surface area contributed by atoms with Crippen LogP contribution in [0.25, 0.3) is 11.3 Å². The van der Waals surface area contributed by atoms with Crippen molar-refractivity contribution in [2.45, 2.75) is 13.0 Å². The minimum absolute atomic E-state index is 0.00499. The number of carbonyl (C=O) groups excluding carboxylic acids is 1. The van der Waals surface area contributed by atoms with E-state index in [0.717, 1.165) is 5.56 Å². The maximum atomic E-state index is 13.1. The molecule has 0 bridgehead atoms. The van der Waals surface area contributed by atoms with E-state index in [1.807, 2.05) is 37.3 Å². The summed E-state index contributed by atoms with van der Waals surface area (Å²) in [5.41, 5.74) is 2.95. The first-order valence-corrected chi connectivity index (χ1v) is 9.53. The smallest absolute Gasteiger partial charge is 0.259 e. The lowest BCUT2D eigenvalue weighted by molar-refractivity contribution is -0.127. The van der Waals surface area contributed by atoms with E-state index in [-0.39, 0.29) is 6.61 Å². The van der Waals surface area contributed by atoms with Gasteiger partial charge >= 0.3 is 0 Å². The van der Waals surface area contributed by atoms with Crippen LogP contribution in [0, 0.1) is 19.3 Å². The van der Waals surface area contributed by atoms with E-state index in [2.05, 4.69) is 21.2 Å². The van der Waals surface area contributed by atoms with Crippen LogP contribution in [-0.4, -0.2) is 36.7 Å². The fourth-order valence-corrected chi connectivity index (χ4v) is 3.00. The predicted molar refractivity (Wildman–Crippen MR) is 118 cm³/mol. The number of rotatable bonds is 8. The first-order chi connectivity index (χ1) is 15.1. The van der Waals surface area contributed by atoms with Gasteiger partial charge in [-0.2, -0.15) is 0 Å². The van der Waals surface area contributed by atoms with E-state index in [4.69, 9.17) is 20.6 Å². The molecule has 31 heavy (non-hydrogen) atoms. The van der Waals surface area contributed by atoms with Crippen molar-refractivity contribution in [2.24, 2.45) is 0 Å². The van der Waals surface area contributed by atoms with Crippen LogP contribution in [0.1, 0.15) is 17.2 Å². The van der Waals surface area contributed by atoms with Crippen molar-refractivity contribution in [3.05, 3.63) is 66.0 Å². The van der Waals surface area contributed by atoms with E-state index in [9.17, 15) is 4.79 Å². The number of amides is 1. The number of ether oxygens (including phenoxy) is 3. The summed E-state index contributed by atoms with van der Waals surface area (Å²) >= 11 is 0. The number of aryl methyl sites for hydroxylation is 1. The lowest BCUT2D eigenvalue weighted by Crippen LogP contribution is -2.24. The minimum Gasteiger partial charge on any atom is -0.493 e. The normalized spacial score (nSPS) is 11.3. The van der Waals surface area contributed by atoms with Crippen LogP contribution in [0.15, 0.2) is 54.9 Å². The Morgan fingerprint density at radius 1 is 1.06 bits per heavy atom. The van der Waals surface area contributed by atoms with Crippen molar-refractivity contribution in [1.82, 2.24) is 9.97 Å². The van der Waals surface area contributed by atoms with Crippen molar-refractivity contribution < 1.29 is 19.0 Å². The maximum absolute atomic E-state index is 13.1. The van der Waals surface area contributed by atoms with Crippen molar-refractivity contribution in [1.29, 1.82) is 0 Å². The van der Waals surface area contributed by atoms with E-state index in [1.165, 1.54) is 6.20 Å². The number of nitrogens with zero attached hydrogens (tertiary/aromatic N) is 2. The van der Waals surface area contributed by atoms with Gasteiger partial charge in [-0.05, 0) is 30.7 Å². The van der Waals surface area contributed by atoms with E-state index in [1.54, 1.807) is 32.5 Å². The molecule has 1 N–H and O–H groups in total. The molecule has 2 aromatic carbocycles. The number of methoxy groups -OCH3 is 2. The van der Waals surface area contributed by atoms with Gasteiger partial charge < -0.3 is 19.5 Å². The Bertz CT molecular complexity index is 1090. The van der Waals surface area contributed by atoms with Crippen LogP contribution in [0.5, 0.6) is 11.5 Å². The topological polar surface area (TPSA) is 82.6 Å². The average molecular weight is 417 g/mol. The van der Waals surface area contributed by atoms with Crippen LogP contribution in [0.4, 0.5) is 5.82 Å². The van der Waals surface area contributed by atoms with Crippen LogP contribution in [0.2, 0.25) is 0 Å². The van der Waals surface area contributed by atoms with Crippen molar-refractivity contribution in [2.75, 3.05) is 26.1 Å². The summed E-state index contributed by atoms with van der Waals surface area (Å²) in [5.74, 6) is 3.42. The second-order valence-electron chi connectivity index (χ2n) is 6.62. The Balaban J connectivity index is 1.92. The van der Waals surface area contributed by atoms with Crippen molar-refractivity contribution in [3.8, 4) is 35.1 Å². The highest BCUT2D eigenvalue weighted by atomic mass is 16.5. The standard InChI is InChI=1S/C24H23N3O4/c1-5-14-31-22(17-8-6-16(2)7-9-17)24(28)27-23-21(25-12-13-26-23)18-10-11-19(29-3)20(15-18)30-4/h1,6-13,15,22H,14H2,2-4H3,(H,26,27,28). The van der Waals surface area contributed by atoms with Crippen molar-refractivity contribution >= 4 is 11.7 Å². The molecule has 3 aromatic rings. The number of carbonyl (C=O) groups is 1. The lowest BCUT2D eigenvalue weighted by Gasteiger charge is -2.18. The molecule has 0 fully saturated rings. The summed E-state index contributed by atoms with van der Waals surface area (Å²) < 4.78 is 16.3. The molecule has 1 atom stereocenters. The van der Waals surface area contributed by atoms with Gasteiger partial charge in [0.05, 0.1) is 14.2 Å². The second kappa shape index (κ2) is 10.2. The summed E-state index contributed by atoms with van der Waals surface area (Å²) in [6.45, 7) is 1.96. The van der Waals surface area contributed by atoms with Gasteiger partial charge in [-0.1, -0.05) is 35.7 Å². The van der Waals surface area contributed by atoms with Gasteiger partial charge in [0.1, 0.15) is 12.3 Å². The fraction of sp³-hybridized carbons (Fsp3) is 0.208. The molecule has 0 aliphatic carbocycles. The summed E-state index contributed by atoms with van der Waals surface area (Å²) in [4.78, 5) is 21.8. The zero-order valence-electron chi connectivity index (χ0n) is 17.6. The molecular formula is C24H23N3O4. The molecule has 0 aliphatic heterocycles. The third-order valence-corrected chi connectivity index (χ3v) is 4.55. The number of terminal acetylenes is 1. The highest BCUT2D eigenvalue weighted by molar-refractivity contribution is 5.96. The second-order valence-corrected chi connectivity index (χ2v) is 6.62. The molecule has 0 spiro atoms. The molecule has 1 aromatic heterocycles. The average Bonchev–Trinajstić information content (AvgIpc) is 2.80. The van der Waals surface area contributed by atoms with E-state index in [0.29, 0.717) is 34.1 Å². The minimum atomic E-state index is -0.892. The molecule has 7 nitrogen and oxygen atoms in total. The van der Waals surface area contributed by atoms with Gasteiger partial charge in [0.15, 0.2) is 23.4 Å². The molecule has 0 radical (unpaired) electrons. The monoisotopic (exact) mass is 417 g/mol. The predicted octanol–water partition coefficient (Wildman–Crippen LogP) is 3.80. The number of hydrogen-bond donors (Lipinski definition) is 1. The van der Waals surface area contributed by atoms with Crippen LogP contribution >= 0.6 is 0 Å². The number of anilines is 1. The molecular weight excluding hydrogens is 394 g/mol. The Morgan fingerprint density at radius 3 is 2.45 bits per heavy atom. The van der Waals surface area contributed by atoms with Gasteiger partial charge in [0.25, 0.3) is 5.91 Å². The molecule has 0 saturated heterocycles. The first-order valence-electron chi connectivity index (χ1n) is 9.53. The highest BCUT2D eigenvalue weighted by Crippen LogP contribution is 2.34. The molecule has 7 heteroatoms. The van der Waals surface area contributed by atoms with Crippen LogP contribution < -0.4 is 14.8 Å². The van der Waals surface area contributed by atoms with Crippen LogP contribution in [-0.2, 0) is 9.53 Å². The summed E-state index contributed by atoms with van der Waals surface area (Å²) in [6.07, 6.45) is 7.49. The van der Waals surface area contributed by atoms with Gasteiger partial charge in [0, 0.05) is 18.0 Å². The summed E-state index contributed by atoms with van der Waals surface area (Å²) in [6, 6.07) is 12.8. The molecule has 1 heterocycles. The molecule has 0 saturated carbocycles. The zero-order chi connectivity index (χ0) is 22.2. The van der Waals surface area contributed by atoms with Gasteiger partial charge in [0.2, 0.25) is 0 Å². The largest absolute Gasteiger partial charge is 0.493 e. The number of nitrogens with one attached hydrogen (secondary N) is 1. The maximum Gasteiger partial charge on any atom is 0.259 e. The number of hydrogen-bond acceptors (Lipinski definition) is 6. The van der Waals surface area contributed by atoms with Gasteiger partial charge in [-0.25, -0.2) is 4.98 Å². The number of aromatic nitrogens is 2. The SMILES string of the molecule is C#CCOC(C(=O)Nc1nccnc1-c1ccc(OC)c(OC)c1)c1ccc(C)cc1. The molecule has 0 aliphatic rings. The quantitative estimate of drug-likeness (QED) is 0.562. The summed E-state index contributed by atoms with van der Waals surface area (Å²) in [5, 5.41) is 2.82. The lowest BCUT2D eigenvalue weighted by atomic mass is 10.1. The van der Waals surface area contributed by atoms with Gasteiger partial charge in [-0.15, -0.1) is 6.42 Å². The molecule has 3 rings (SSSR count). The molecule has 158 valence electrons. The van der Waals surface area contributed by atoms with E-state index < -0.39 is 12.0 Å². The third kappa shape index (κ3) is 5.18. The molecule has 1 unspecified atom stereocenters. The Hall–Kier alpha value is -3.89. The van der Waals surface area contributed by atoms with Crippen molar-refractivity contribution in [3.63, 3.8) is 0 Å². The van der Waals surface area contributed by atoms with Gasteiger partial charge in [-0.3, -0.25) is 9.78 Å². The Kier molecular flexibility index (Phi) is 7.20. The fourth-order valence-electron chi connectivity index (χ4n) is 3.00. The number of benzene rings is 2. The molecule has 1 amide bonds. The Morgan fingerprint density at radius 2 is 1.77 bits per heavy atom. The summed E-state index contributed by atoms with van der Waals surface area (Å²) in [7, 11) is 3.11. The third-order valence-electron chi connectivity index (χ3n) is 4.55. The van der Waals surface area contributed by atoms with Crippen LogP contribution in [0.3, 0.4) is 0 Å². The van der Waals surface area contributed by atoms with E-state index >= 15 is 0 Å². The zero-order valence-corrected chi connectivity index (χ0v) is 17.6. The first kappa shape index (κ1) is 21.8. The highest BCUT2D eigenvalue weighted by Gasteiger charge is 2.23. The Labute approximate surface area is 181 Å².